The van der Waals surface area contributed by atoms with Gasteiger partial charge in [0.2, 0.25) is 0 Å². The Morgan fingerprint density at radius 2 is 1.85 bits per heavy atom. The lowest BCUT2D eigenvalue weighted by Crippen LogP contribution is -2.30. The van der Waals surface area contributed by atoms with E-state index in [-0.39, 0.29) is 6.61 Å². The topological polar surface area (TPSA) is 76.7 Å². The molecule has 3 aromatic rings. The second kappa shape index (κ2) is 6.67. The smallest absolute Gasteiger partial charge is 0.336 e. The lowest BCUT2D eigenvalue weighted by molar-refractivity contribution is -0.148. The van der Waals surface area contributed by atoms with Crippen LogP contribution in [0.25, 0.3) is 22.1 Å². The molecule has 0 aliphatic carbocycles. The first-order chi connectivity index (χ1) is 12.3. The fourth-order valence-electron chi connectivity index (χ4n) is 2.68. The molecule has 1 N–H and O–H groups in total. The van der Waals surface area contributed by atoms with Crippen LogP contribution in [-0.4, -0.2) is 17.7 Å². The van der Waals surface area contributed by atoms with Crippen molar-refractivity contribution in [1.82, 2.24) is 0 Å². The molecule has 2 aromatic carbocycles. The predicted octanol–water partition coefficient (Wildman–Crippen LogP) is 4.26. The lowest BCUT2D eigenvalue weighted by atomic mass is 9.95. The van der Waals surface area contributed by atoms with E-state index in [1.807, 2.05) is 36.4 Å². The Morgan fingerprint density at radius 3 is 2.50 bits per heavy atom. The van der Waals surface area contributed by atoms with E-state index in [2.05, 4.69) is 0 Å². The fourth-order valence-corrected chi connectivity index (χ4v) is 2.68. The second-order valence-electron chi connectivity index (χ2n) is 6.89. The first-order valence-electron chi connectivity index (χ1n) is 8.29. The van der Waals surface area contributed by atoms with Gasteiger partial charge in [0.15, 0.2) is 0 Å². The van der Waals surface area contributed by atoms with Crippen molar-refractivity contribution in [2.45, 2.75) is 20.8 Å². The first kappa shape index (κ1) is 17.7. The molecule has 1 aromatic heterocycles. The number of carbonyl (C=O) groups is 1. The molecule has 0 saturated carbocycles. The zero-order valence-electron chi connectivity index (χ0n) is 14.9. The Morgan fingerprint density at radius 1 is 1.15 bits per heavy atom. The number of benzene rings is 2. The number of ether oxygens (including phenoxy) is 1. The van der Waals surface area contributed by atoms with Crippen molar-refractivity contribution in [2.75, 3.05) is 6.61 Å². The summed E-state index contributed by atoms with van der Waals surface area (Å²) in [5, 5.41) is 10.0. The van der Waals surface area contributed by atoms with Crippen molar-refractivity contribution < 1.29 is 19.1 Å². The van der Waals surface area contributed by atoms with Gasteiger partial charge in [-0.2, -0.15) is 0 Å². The molecule has 0 amide bonds. The first-order valence-corrected chi connectivity index (χ1v) is 8.29. The maximum atomic E-state index is 12.1. The number of fused-ring (bicyclic) bond motifs is 1. The second-order valence-corrected chi connectivity index (χ2v) is 6.89. The Hall–Kier alpha value is -3.08. The van der Waals surface area contributed by atoms with Gasteiger partial charge in [0.1, 0.15) is 17.9 Å². The largest absolute Gasteiger partial charge is 0.492 e. The SMILES string of the molecule is Cc1c(OCC(C)(C)C(=O)O)ccc2c(-c3ccccc3)cc(=O)oc12. The van der Waals surface area contributed by atoms with E-state index in [0.717, 1.165) is 16.5 Å². The van der Waals surface area contributed by atoms with Crippen LogP contribution in [0.3, 0.4) is 0 Å². The van der Waals surface area contributed by atoms with Gasteiger partial charge in [-0.3, -0.25) is 4.79 Å². The van der Waals surface area contributed by atoms with Gasteiger partial charge < -0.3 is 14.3 Å². The number of carboxylic acids is 1. The molecule has 0 spiro atoms. The molecule has 0 aliphatic rings. The van der Waals surface area contributed by atoms with Gasteiger partial charge in [0.05, 0.1) is 5.41 Å². The summed E-state index contributed by atoms with van der Waals surface area (Å²) >= 11 is 0. The summed E-state index contributed by atoms with van der Waals surface area (Å²) in [7, 11) is 0. The van der Waals surface area contributed by atoms with E-state index in [9.17, 15) is 14.7 Å². The van der Waals surface area contributed by atoms with Gasteiger partial charge in [0.25, 0.3) is 0 Å². The number of carboxylic acid groups (broad SMARTS) is 1. The molecule has 0 aliphatic heterocycles. The molecular formula is C21H20O5. The fraction of sp³-hybridized carbons (Fsp3) is 0.238. The van der Waals surface area contributed by atoms with E-state index in [1.54, 1.807) is 26.8 Å². The molecule has 1 heterocycles. The van der Waals surface area contributed by atoms with Crippen molar-refractivity contribution >= 4 is 16.9 Å². The molecule has 0 unspecified atom stereocenters. The Balaban J connectivity index is 2.08. The minimum Gasteiger partial charge on any atom is -0.492 e. The molecule has 0 radical (unpaired) electrons. The molecule has 0 fully saturated rings. The molecular weight excluding hydrogens is 332 g/mol. The standard InChI is InChI=1S/C21H20O5/c1-13-17(25-12-21(2,3)20(23)24)10-9-15-16(11-18(22)26-19(13)15)14-7-5-4-6-8-14/h4-11H,12H2,1-3H3,(H,23,24). The predicted molar refractivity (Wildman–Crippen MR) is 99.6 cm³/mol. The zero-order valence-corrected chi connectivity index (χ0v) is 14.9. The summed E-state index contributed by atoms with van der Waals surface area (Å²) in [6.07, 6.45) is 0. The number of rotatable bonds is 5. The van der Waals surface area contributed by atoms with Crippen LogP contribution in [-0.2, 0) is 4.79 Å². The lowest BCUT2D eigenvalue weighted by Gasteiger charge is -2.20. The Kier molecular flexibility index (Phi) is 4.55. The molecule has 5 heteroatoms. The Bertz CT molecular complexity index is 1020. The summed E-state index contributed by atoms with van der Waals surface area (Å²) in [5.41, 5.74) is 1.36. The van der Waals surface area contributed by atoms with Crippen LogP contribution in [0, 0.1) is 12.3 Å². The average molecular weight is 352 g/mol. The molecule has 0 bridgehead atoms. The third-order valence-corrected chi connectivity index (χ3v) is 4.36. The van der Waals surface area contributed by atoms with Crippen molar-refractivity contribution in [3.05, 3.63) is 64.5 Å². The van der Waals surface area contributed by atoms with Crippen LogP contribution in [0.2, 0.25) is 0 Å². The van der Waals surface area contributed by atoms with Crippen LogP contribution < -0.4 is 10.4 Å². The van der Waals surface area contributed by atoms with Crippen LogP contribution >= 0.6 is 0 Å². The molecule has 0 saturated heterocycles. The van der Waals surface area contributed by atoms with Gasteiger partial charge in [-0.25, -0.2) is 4.79 Å². The van der Waals surface area contributed by atoms with E-state index in [4.69, 9.17) is 9.15 Å². The average Bonchev–Trinajstić information content (AvgIpc) is 2.61. The maximum absolute atomic E-state index is 12.1. The summed E-state index contributed by atoms with van der Waals surface area (Å²) in [4.78, 5) is 23.3. The molecule has 3 rings (SSSR count). The Labute approximate surface area is 150 Å². The highest BCUT2D eigenvalue weighted by molar-refractivity contribution is 5.95. The highest BCUT2D eigenvalue weighted by Gasteiger charge is 2.28. The molecule has 0 atom stereocenters. The minimum atomic E-state index is -1.02. The third-order valence-electron chi connectivity index (χ3n) is 4.36. The summed E-state index contributed by atoms with van der Waals surface area (Å²) in [5.74, 6) is -0.436. The van der Waals surface area contributed by atoms with Crippen molar-refractivity contribution in [2.24, 2.45) is 5.41 Å². The van der Waals surface area contributed by atoms with Crippen LogP contribution in [0.1, 0.15) is 19.4 Å². The number of aryl methyl sites for hydroxylation is 1. The summed E-state index contributed by atoms with van der Waals surface area (Å²) < 4.78 is 11.1. The quantitative estimate of drug-likeness (QED) is 0.694. The van der Waals surface area contributed by atoms with Crippen molar-refractivity contribution in [3.63, 3.8) is 0 Å². The third kappa shape index (κ3) is 3.33. The molecule has 134 valence electrons. The van der Waals surface area contributed by atoms with E-state index in [1.165, 1.54) is 6.07 Å². The van der Waals surface area contributed by atoms with E-state index in [0.29, 0.717) is 16.9 Å². The minimum absolute atomic E-state index is 0.0112. The van der Waals surface area contributed by atoms with E-state index < -0.39 is 17.0 Å². The van der Waals surface area contributed by atoms with Gasteiger partial charge in [0, 0.05) is 17.0 Å². The van der Waals surface area contributed by atoms with Crippen molar-refractivity contribution in [1.29, 1.82) is 0 Å². The normalized spacial score (nSPS) is 11.5. The summed E-state index contributed by atoms with van der Waals surface area (Å²) in [6.45, 7) is 5.00. The maximum Gasteiger partial charge on any atom is 0.336 e. The van der Waals surface area contributed by atoms with Crippen molar-refractivity contribution in [3.8, 4) is 16.9 Å². The monoisotopic (exact) mass is 352 g/mol. The van der Waals surface area contributed by atoms with Crippen LogP contribution in [0.4, 0.5) is 0 Å². The number of hydrogen-bond acceptors (Lipinski definition) is 4. The number of aliphatic carboxylic acids is 1. The molecule has 26 heavy (non-hydrogen) atoms. The van der Waals surface area contributed by atoms with Crippen LogP contribution in [0.15, 0.2) is 57.7 Å². The summed E-state index contributed by atoms with van der Waals surface area (Å²) in [6, 6.07) is 14.7. The van der Waals surface area contributed by atoms with E-state index >= 15 is 0 Å². The van der Waals surface area contributed by atoms with Gasteiger partial charge >= 0.3 is 11.6 Å². The highest BCUT2D eigenvalue weighted by Crippen LogP contribution is 2.33. The van der Waals surface area contributed by atoms with Crippen LogP contribution in [0.5, 0.6) is 5.75 Å². The highest BCUT2D eigenvalue weighted by atomic mass is 16.5. The number of hydrogen-bond donors (Lipinski definition) is 1. The zero-order chi connectivity index (χ0) is 18.9. The van der Waals surface area contributed by atoms with Gasteiger partial charge in [-0.05, 0) is 44.0 Å². The molecule has 5 nitrogen and oxygen atoms in total. The van der Waals surface area contributed by atoms with Gasteiger partial charge in [-0.15, -0.1) is 0 Å². The van der Waals surface area contributed by atoms with Gasteiger partial charge in [-0.1, -0.05) is 30.3 Å².